The number of nitrogens with two attached hydrogens (primary N) is 2. The summed E-state index contributed by atoms with van der Waals surface area (Å²) >= 11 is 0. The first-order valence-electron chi connectivity index (χ1n) is 17.7. The van der Waals surface area contributed by atoms with Crippen molar-refractivity contribution in [3.63, 3.8) is 0 Å². The fourth-order valence-corrected chi connectivity index (χ4v) is 7.01. The third kappa shape index (κ3) is 11.3. The maximum Gasteiger partial charge on any atom is 0.251 e. The number of carbonyl (C=O) groups excluding carboxylic acids is 1. The summed E-state index contributed by atoms with van der Waals surface area (Å²) in [5.41, 5.74) is 16.8. The summed E-state index contributed by atoms with van der Waals surface area (Å²) < 4.78 is 0. The van der Waals surface area contributed by atoms with Crippen molar-refractivity contribution in [3.8, 4) is 16.9 Å². The van der Waals surface area contributed by atoms with Crippen LogP contribution in [0.3, 0.4) is 0 Å². The number of para-hydroxylation sites is 1. The van der Waals surface area contributed by atoms with E-state index in [1.54, 1.807) is 11.1 Å². The number of amides is 1. The molecule has 1 aliphatic carbocycles. The number of rotatable bonds is 13. The third-order valence-corrected chi connectivity index (χ3v) is 9.51. The second-order valence-corrected chi connectivity index (χ2v) is 14.9. The number of hydroxylamine groups is 2. The van der Waals surface area contributed by atoms with Crippen molar-refractivity contribution in [1.82, 2.24) is 15.3 Å². The van der Waals surface area contributed by atoms with Gasteiger partial charge in [0.2, 0.25) is 0 Å². The molecule has 1 amide bonds. The van der Waals surface area contributed by atoms with Crippen molar-refractivity contribution in [2.24, 2.45) is 33.9 Å². The van der Waals surface area contributed by atoms with E-state index in [4.69, 9.17) is 16.3 Å². The summed E-state index contributed by atoms with van der Waals surface area (Å²) in [6.07, 6.45) is 7.98. The molecule has 6 N–H and O–H groups in total. The van der Waals surface area contributed by atoms with E-state index in [0.29, 0.717) is 39.9 Å². The average molecular weight is 680 g/mol. The van der Waals surface area contributed by atoms with E-state index < -0.39 is 12.1 Å². The van der Waals surface area contributed by atoms with Gasteiger partial charge in [0.05, 0.1) is 25.2 Å². The van der Waals surface area contributed by atoms with E-state index in [9.17, 15) is 14.8 Å². The number of benzene rings is 2. The minimum atomic E-state index is -0.429. The lowest BCUT2D eigenvalue weighted by atomic mass is 9.73. The van der Waals surface area contributed by atoms with E-state index >= 15 is 0 Å². The van der Waals surface area contributed by atoms with Gasteiger partial charge in [-0.15, -0.1) is 0 Å². The molecule has 2 aromatic rings. The molecule has 0 radical (unpaired) electrons. The van der Waals surface area contributed by atoms with E-state index in [2.05, 4.69) is 31.3 Å². The number of hydrogen-bond donors (Lipinski definition) is 4. The monoisotopic (exact) mass is 679 g/mol. The number of likely N-dealkylation sites (N-methyl/N-ethyl adjacent to an activating group) is 1. The summed E-state index contributed by atoms with van der Waals surface area (Å²) in [5.74, 6) is 0.560. The van der Waals surface area contributed by atoms with Crippen LogP contribution in [-0.4, -0.2) is 87.5 Å². The molecule has 0 aromatic heterocycles. The Morgan fingerprint density at radius 2 is 1.94 bits per heavy atom. The lowest BCUT2D eigenvalue weighted by Crippen LogP contribution is -2.38. The highest BCUT2D eigenvalue weighted by Crippen LogP contribution is 2.39. The Bertz CT molecular complexity index is 1410. The molecule has 1 saturated carbocycles. The van der Waals surface area contributed by atoms with Crippen LogP contribution < -0.4 is 21.7 Å². The largest absolute Gasteiger partial charge is 0.507 e. The number of anilines is 1. The Hall–Kier alpha value is -3.51. The smallest absolute Gasteiger partial charge is 0.251 e. The normalized spacial score (nSPS) is 22.4. The molecule has 1 saturated heterocycles. The lowest BCUT2D eigenvalue weighted by Gasteiger charge is -2.33. The molecule has 0 bridgehead atoms. The summed E-state index contributed by atoms with van der Waals surface area (Å²) in [7, 11) is 7.71. The molecule has 1 aliphatic heterocycles. The predicted molar refractivity (Wildman–Crippen MR) is 200 cm³/mol. The zero-order valence-corrected chi connectivity index (χ0v) is 31.0. The Morgan fingerprint density at radius 1 is 1.20 bits per heavy atom. The van der Waals surface area contributed by atoms with Gasteiger partial charge in [0.1, 0.15) is 5.75 Å². The van der Waals surface area contributed by atoms with E-state index in [0.717, 1.165) is 24.6 Å². The standard InChI is InChI=1S/C29H43N7O4.C9H18/c1-6-8-25(31)27-24(17-33-39)26(16-30)40-36(27)18-19-9-7-10-23(28(19)37)20-13-21(15-22(14-20)35(4)5)29(38)32-11-12-34(2)3;1-8-5-4-6-9(2,3)7-8/h7-10,13-15,24,26-27,37H,6,11-12,16-18,30-31H2,1-5H3,(H,32,38);8H,4-7H2,1-3H3. The molecule has 4 unspecified atom stereocenters. The van der Waals surface area contributed by atoms with Crippen LogP contribution in [0.2, 0.25) is 0 Å². The van der Waals surface area contributed by atoms with Crippen molar-refractivity contribution in [3.05, 3.63) is 64.2 Å². The number of phenolic OH excluding ortho intramolecular Hbond substituents is 1. The van der Waals surface area contributed by atoms with Gasteiger partial charge in [-0.05, 0) is 68.5 Å². The molecule has 4 atom stereocenters. The molecule has 49 heavy (non-hydrogen) atoms. The Balaban J connectivity index is 0.000000624. The van der Waals surface area contributed by atoms with Crippen LogP contribution in [0.1, 0.15) is 75.7 Å². The summed E-state index contributed by atoms with van der Waals surface area (Å²) in [6.45, 7) is 10.8. The van der Waals surface area contributed by atoms with Crippen LogP contribution in [0.15, 0.2) is 53.3 Å². The van der Waals surface area contributed by atoms with Gasteiger partial charge in [-0.2, -0.15) is 9.97 Å². The van der Waals surface area contributed by atoms with Gasteiger partial charge in [0, 0.05) is 67.7 Å². The van der Waals surface area contributed by atoms with E-state index in [1.165, 1.54) is 25.7 Å². The highest BCUT2D eigenvalue weighted by molar-refractivity contribution is 5.97. The Labute approximate surface area is 294 Å². The van der Waals surface area contributed by atoms with Gasteiger partial charge in [-0.3, -0.25) is 9.63 Å². The molecule has 2 aliphatic rings. The minimum Gasteiger partial charge on any atom is -0.507 e. The summed E-state index contributed by atoms with van der Waals surface area (Å²) in [4.78, 5) is 34.2. The van der Waals surface area contributed by atoms with Gasteiger partial charge >= 0.3 is 0 Å². The number of phenols is 1. The average Bonchev–Trinajstić information content (AvgIpc) is 3.38. The third-order valence-electron chi connectivity index (χ3n) is 9.51. The lowest BCUT2D eigenvalue weighted by molar-refractivity contribution is -0.162. The van der Waals surface area contributed by atoms with Crippen LogP contribution in [0.25, 0.3) is 11.1 Å². The van der Waals surface area contributed by atoms with Crippen molar-refractivity contribution in [1.29, 1.82) is 0 Å². The highest BCUT2D eigenvalue weighted by atomic mass is 16.7. The molecule has 1 heterocycles. The van der Waals surface area contributed by atoms with E-state index in [1.807, 2.05) is 81.3 Å². The fourth-order valence-electron chi connectivity index (χ4n) is 7.01. The van der Waals surface area contributed by atoms with Crippen molar-refractivity contribution < 1.29 is 14.7 Å². The van der Waals surface area contributed by atoms with Crippen molar-refractivity contribution in [2.75, 3.05) is 59.3 Å². The second kappa shape index (κ2) is 18.5. The molecule has 272 valence electrons. The minimum absolute atomic E-state index is 0.0179. The van der Waals surface area contributed by atoms with Crippen LogP contribution in [-0.2, 0) is 11.4 Å². The molecular formula is C38H61N7O4. The molecular weight excluding hydrogens is 618 g/mol. The topological polar surface area (TPSA) is 150 Å². The number of nitrogens with one attached hydrogen (secondary N) is 1. The fraction of sp³-hybridized carbons (Fsp3) is 0.605. The maximum atomic E-state index is 13.0. The predicted octanol–water partition coefficient (Wildman–Crippen LogP) is 5.72. The number of nitrogens with zero attached hydrogens (tertiary/aromatic N) is 4. The molecule has 2 fully saturated rings. The number of aromatic hydroxyl groups is 1. The van der Waals surface area contributed by atoms with Crippen molar-refractivity contribution in [2.45, 2.75) is 78.5 Å². The van der Waals surface area contributed by atoms with E-state index in [-0.39, 0.29) is 37.2 Å². The first-order chi connectivity index (χ1) is 23.2. The number of allylic oxidation sites excluding steroid dienone is 1. The first-order valence-corrected chi connectivity index (χ1v) is 17.7. The van der Waals surface area contributed by atoms with Gasteiger partial charge in [0.25, 0.3) is 5.91 Å². The van der Waals surface area contributed by atoms with Gasteiger partial charge in [-0.25, -0.2) is 0 Å². The maximum absolute atomic E-state index is 13.0. The molecule has 11 nitrogen and oxygen atoms in total. The number of carbonyl (C=O) groups is 1. The summed E-state index contributed by atoms with van der Waals surface area (Å²) in [5, 5.41) is 19.2. The second-order valence-electron chi connectivity index (χ2n) is 14.9. The van der Waals surface area contributed by atoms with Gasteiger partial charge < -0.3 is 31.7 Å². The molecule has 11 heteroatoms. The van der Waals surface area contributed by atoms with Crippen LogP contribution in [0.5, 0.6) is 5.75 Å². The quantitative estimate of drug-likeness (QED) is 0.195. The first kappa shape index (κ1) is 39.9. The molecule has 2 aromatic carbocycles. The van der Waals surface area contributed by atoms with Crippen LogP contribution >= 0.6 is 0 Å². The number of hydrogen-bond acceptors (Lipinski definition) is 10. The Kier molecular flexibility index (Phi) is 15.1. The zero-order chi connectivity index (χ0) is 36.3. The molecule has 4 rings (SSSR count). The SMILES string of the molecule is CC1CCCC(C)(C)C1.CCC=C(N)C1C(CN=O)C(CN)ON1Cc1cccc(-c2cc(C(=O)NCCN(C)C)cc(N(C)C)c2)c1O. The van der Waals surface area contributed by atoms with Crippen molar-refractivity contribution >= 4 is 11.6 Å². The Morgan fingerprint density at radius 3 is 2.51 bits per heavy atom. The van der Waals surface area contributed by atoms with Gasteiger partial charge in [-0.1, -0.05) is 70.0 Å². The van der Waals surface area contributed by atoms with Crippen LogP contribution in [0, 0.1) is 22.2 Å². The van der Waals surface area contributed by atoms with Crippen LogP contribution in [0.4, 0.5) is 5.69 Å². The zero-order valence-electron chi connectivity index (χ0n) is 31.0. The summed E-state index contributed by atoms with van der Waals surface area (Å²) in [6, 6.07) is 10.6. The molecule has 0 spiro atoms. The number of nitroso groups, excluding NO2 is 1. The highest BCUT2D eigenvalue weighted by Gasteiger charge is 2.44. The van der Waals surface area contributed by atoms with Gasteiger partial charge in [0.15, 0.2) is 0 Å².